The molecule has 4 heteroatoms. The number of nitrogens with one attached hydrogen (secondary N) is 1. The Bertz CT molecular complexity index is 723. The van der Waals surface area contributed by atoms with Crippen LogP contribution in [-0.2, 0) is 0 Å². The van der Waals surface area contributed by atoms with Crippen LogP contribution in [-0.4, -0.2) is 10.1 Å². The molecule has 0 spiro atoms. The third-order valence-electron chi connectivity index (χ3n) is 3.37. The highest BCUT2D eigenvalue weighted by Crippen LogP contribution is 2.28. The second-order valence-electron chi connectivity index (χ2n) is 4.87. The summed E-state index contributed by atoms with van der Waals surface area (Å²) in [5, 5.41) is 13.3. The predicted octanol–water partition coefficient (Wildman–Crippen LogP) is 4.22. The maximum atomic E-state index is 9.90. The maximum Gasteiger partial charge on any atom is 0.181 e. The van der Waals surface area contributed by atoms with Crippen LogP contribution in [0.25, 0.3) is 11.3 Å². The number of para-hydroxylation sites is 1. The molecule has 0 aliphatic carbocycles. The van der Waals surface area contributed by atoms with Crippen LogP contribution in [0.1, 0.15) is 18.5 Å². The molecule has 0 aliphatic rings. The summed E-state index contributed by atoms with van der Waals surface area (Å²) in [4.78, 5) is 3.93. The Kier molecular flexibility index (Phi) is 3.60. The summed E-state index contributed by atoms with van der Waals surface area (Å²) < 4.78 is 5.30. The van der Waals surface area contributed by atoms with Gasteiger partial charge in [-0.25, -0.2) is 4.98 Å². The van der Waals surface area contributed by atoms with Gasteiger partial charge < -0.3 is 14.8 Å². The van der Waals surface area contributed by atoms with Crippen molar-refractivity contribution in [1.29, 1.82) is 0 Å². The number of aromatic hydroxyl groups is 1. The first-order chi connectivity index (χ1) is 10.2. The molecule has 0 bridgehead atoms. The van der Waals surface area contributed by atoms with Crippen molar-refractivity contribution in [2.75, 3.05) is 5.32 Å². The van der Waals surface area contributed by atoms with Gasteiger partial charge in [0.2, 0.25) is 0 Å². The Labute approximate surface area is 123 Å². The third-order valence-corrected chi connectivity index (χ3v) is 3.37. The van der Waals surface area contributed by atoms with Crippen molar-refractivity contribution >= 4 is 5.69 Å². The molecule has 0 amide bonds. The minimum atomic E-state index is -0.00354. The zero-order valence-electron chi connectivity index (χ0n) is 11.7. The first-order valence-electron chi connectivity index (χ1n) is 6.77. The van der Waals surface area contributed by atoms with E-state index >= 15 is 0 Å². The summed E-state index contributed by atoms with van der Waals surface area (Å²) in [6, 6.07) is 15.2. The van der Waals surface area contributed by atoms with Crippen molar-refractivity contribution in [2.45, 2.75) is 13.0 Å². The van der Waals surface area contributed by atoms with E-state index in [-0.39, 0.29) is 6.04 Å². The van der Waals surface area contributed by atoms with E-state index in [4.69, 9.17) is 4.42 Å². The van der Waals surface area contributed by atoms with Crippen LogP contribution < -0.4 is 5.32 Å². The van der Waals surface area contributed by atoms with Crippen LogP contribution in [0.5, 0.6) is 5.75 Å². The quantitative estimate of drug-likeness (QED) is 0.751. The van der Waals surface area contributed by atoms with Crippen molar-refractivity contribution in [3.05, 3.63) is 66.7 Å². The van der Waals surface area contributed by atoms with Crippen LogP contribution in [0, 0.1) is 0 Å². The summed E-state index contributed by atoms with van der Waals surface area (Å²) in [7, 11) is 0. The van der Waals surface area contributed by atoms with E-state index in [1.165, 1.54) is 6.39 Å². The summed E-state index contributed by atoms with van der Waals surface area (Å²) in [6.45, 7) is 2.01. The van der Waals surface area contributed by atoms with Gasteiger partial charge in [0.15, 0.2) is 12.2 Å². The van der Waals surface area contributed by atoms with Crippen LogP contribution in [0.4, 0.5) is 5.69 Å². The van der Waals surface area contributed by atoms with E-state index in [9.17, 15) is 5.11 Å². The molecule has 2 N–H and O–H groups in total. The van der Waals surface area contributed by atoms with E-state index in [1.807, 2.05) is 49.4 Å². The highest BCUT2D eigenvalue weighted by atomic mass is 16.3. The SMILES string of the molecule is CC(Nc1cccc(-c2cnco2)c1)c1ccccc1O. The first kappa shape index (κ1) is 13.2. The molecule has 2 aromatic carbocycles. The fraction of sp³-hybridized carbons (Fsp3) is 0.118. The molecule has 3 aromatic rings. The van der Waals surface area contributed by atoms with Crippen LogP contribution >= 0.6 is 0 Å². The topological polar surface area (TPSA) is 58.3 Å². The number of anilines is 1. The van der Waals surface area contributed by atoms with Crippen molar-refractivity contribution in [1.82, 2.24) is 4.98 Å². The van der Waals surface area contributed by atoms with Gasteiger partial charge in [-0.3, -0.25) is 0 Å². The van der Waals surface area contributed by atoms with Crippen molar-refractivity contribution in [2.24, 2.45) is 0 Å². The first-order valence-corrected chi connectivity index (χ1v) is 6.77. The van der Waals surface area contributed by atoms with Gasteiger partial charge in [0.25, 0.3) is 0 Å². The molecule has 4 nitrogen and oxygen atoms in total. The standard InChI is InChI=1S/C17H16N2O2/c1-12(15-7-2-3-8-16(15)20)19-14-6-4-5-13(9-14)17-10-18-11-21-17/h2-12,19-20H,1H3. The summed E-state index contributed by atoms with van der Waals surface area (Å²) in [5.41, 5.74) is 2.78. The largest absolute Gasteiger partial charge is 0.508 e. The number of nitrogens with zero attached hydrogens (tertiary/aromatic N) is 1. The molecule has 0 fully saturated rings. The molecule has 21 heavy (non-hydrogen) atoms. The molecule has 1 heterocycles. The summed E-state index contributed by atoms with van der Waals surface area (Å²) in [6.07, 6.45) is 3.10. The summed E-state index contributed by atoms with van der Waals surface area (Å²) >= 11 is 0. The number of aromatic nitrogens is 1. The van der Waals surface area contributed by atoms with Crippen molar-refractivity contribution in [3.8, 4) is 17.1 Å². The average molecular weight is 280 g/mol. The molecule has 1 aromatic heterocycles. The lowest BCUT2D eigenvalue weighted by Crippen LogP contribution is -2.06. The number of phenols is 1. The smallest absolute Gasteiger partial charge is 0.181 e. The highest BCUT2D eigenvalue weighted by molar-refractivity contribution is 5.63. The second-order valence-corrected chi connectivity index (χ2v) is 4.87. The molecule has 106 valence electrons. The lowest BCUT2D eigenvalue weighted by atomic mass is 10.1. The van der Waals surface area contributed by atoms with Gasteiger partial charge in [-0.15, -0.1) is 0 Å². The molecular formula is C17H16N2O2. The number of phenolic OH excluding ortho intramolecular Hbond substituents is 1. The minimum Gasteiger partial charge on any atom is -0.508 e. The molecule has 0 aliphatic heterocycles. The van der Waals surface area contributed by atoms with E-state index in [2.05, 4.69) is 10.3 Å². The number of oxazole rings is 1. The van der Waals surface area contributed by atoms with Gasteiger partial charge in [0.05, 0.1) is 12.2 Å². The Balaban J connectivity index is 1.82. The number of hydrogen-bond donors (Lipinski definition) is 2. The average Bonchev–Trinajstić information content (AvgIpc) is 3.02. The molecule has 0 radical (unpaired) electrons. The Morgan fingerprint density at radius 2 is 2.00 bits per heavy atom. The van der Waals surface area contributed by atoms with Gasteiger partial charge in [-0.05, 0) is 25.1 Å². The Morgan fingerprint density at radius 3 is 2.76 bits per heavy atom. The third kappa shape index (κ3) is 2.89. The van der Waals surface area contributed by atoms with E-state index in [0.29, 0.717) is 5.75 Å². The Morgan fingerprint density at radius 1 is 1.14 bits per heavy atom. The normalized spacial score (nSPS) is 12.0. The molecule has 3 rings (SSSR count). The zero-order chi connectivity index (χ0) is 14.7. The molecule has 1 atom stereocenters. The van der Waals surface area contributed by atoms with Crippen molar-refractivity contribution < 1.29 is 9.52 Å². The van der Waals surface area contributed by atoms with Gasteiger partial charge in [-0.1, -0.05) is 30.3 Å². The van der Waals surface area contributed by atoms with Gasteiger partial charge >= 0.3 is 0 Å². The fourth-order valence-corrected chi connectivity index (χ4v) is 2.30. The van der Waals surface area contributed by atoms with E-state index in [1.54, 1.807) is 12.3 Å². The maximum absolute atomic E-state index is 9.90. The van der Waals surface area contributed by atoms with Gasteiger partial charge in [-0.2, -0.15) is 0 Å². The molecule has 0 saturated heterocycles. The number of rotatable bonds is 4. The minimum absolute atomic E-state index is 0.00354. The lowest BCUT2D eigenvalue weighted by molar-refractivity contribution is 0.465. The highest BCUT2D eigenvalue weighted by Gasteiger charge is 2.10. The van der Waals surface area contributed by atoms with Crippen LogP contribution in [0.15, 0.2) is 65.5 Å². The number of benzene rings is 2. The Hall–Kier alpha value is -2.75. The second kappa shape index (κ2) is 5.71. The molecule has 0 saturated carbocycles. The molecular weight excluding hydrogens is 264 g/mol. The van der Waals surface area contributed by atoms with Crippen molar-refractivity contribution in [3.63, 3.8) is 0 Å². The van der Waals surface area contributed by atoms with Crippen LogP contribution in [0.3, 0.4) is 0 Å². The van der Waals surface area contributed by atoms with Gasteiger partial charge in [0, 0.05) is 16.8 Å². The number of hydrogen-bond acceptors (Lipinski definition) is 4. The van der Waals surface area contributed by atoms with E-state index < -0.39 is 0 Å². The fourth-order valence-electron chi connectivity index (χ4n) is 2.30. The zero-order valence-corrected chi connectivity index (χ0v) is 11.7. The lowest BCUT2D eigenvalue weighted by Gasteiger charge is -2.17. The monoisotopic (exact) mass is 280 g/mol. The predicted molar refractivity (Wildman–Crippen MR) is 82.1 cm³/mol. The van der Waals surface area contributed by atoms with Gasteiger partial charge in [0.1, 0.15) is 5.75 Å². The van der Waals surface area contributed by atoms with E-state index in [0.717, 1.165) is 22.6 Å². The van der Waals surface area contributed by atoms with Crippen LogP contribution in [0.2, 0.25) is 0 Å². The molecule has 1 unspecified atom stereocenters. The summed E-state index contributed by atoms with van der Waals surface area (Å²) in [5.74, 6) is 1.03.